The fraction of sp³-hybridized carbons (Fsp3) is 0.0800. The molecule has 0 aliphatic heterocycles. The summed E-state index contributed by atoms with van der Waals surface area (Å²) < 4.78 is 0. The second-order valence-electron chi connectivity index (χ2n) is 6.92. The minimum Gasteiger partial charge on any atom is -0.543 e. The Morgan fingerprint density at radius 2 is 1.36 bits per heavy atom. The van der Waals surface area contributed by atoms with Gasteiger partial charge in [-0.25, -0.2) is 4.98 Å². The first-order valence-electron chi connectivity index (χ1n) is 9.88. The zero-order valence-electron chi connectivity index (χ0n) is 18.3. The minimum atomic E-state index is -1.45. The van der Waals surface area contributed by atoms with E-state index in [0.717, 1.165) is 16.7 Å². The number of carboxylic acids is 1. The third-order valence-corrected chi connectivity index (χ3v) is 5.80. The van der Waals surface area contributed by atoms with Gasteiger partial charge in [0.25, 0.3) is 0 Å². The predicted molar refractivity (Wildman–Crippen MR) is 123 cm³/mol. The molecule has 0 saturated carbocycles. The van der Waals surface area contributed by atoms with Gasteiger partial charge < -0.3 is 20.1 Å². The molecule has 160 valence electrons. The first-order chi connectivity index (χ1) is 15.6. The van der Waals surface area contributed by atoms with Crippen molar-refractivity contribution >= 4 is 28.1 Å². The van der Waals surface area contributed by atoms with Gasteiger partial charge in [-0.05, 0) is 16.7 Å². The molecule has 0 bridgehead atoms. The van der Waals surface area contributed by atoms with Gasteiger partial charge in [-0.3, -0.25) is 0 Å². The van der Waals surface area contributed by atoms with Crippen molar-refractivity contribution in [1.29, 1.82) is 0 Å². The Bertz CT molecular complexity index is 1120. The summed E-state index contributed by atoms with van der Waals surface area (Å²) in [4.78, 5) is 20.6. The quantitative estimate of drug-likeness (QED) is 0.185. The zero-order valence-corrected chi connectivity index (χ0v) is 19.1. The average molecular weight is 449 g/mol. The molecule has 0 aliphatic carbocycles. The second-order valence-corrected chi connectivity index (χ2v) is 7.78. The summed E-state index contributed by atoms with van der Waals surface area (Å²) in [5.41, 5.74) is 2.09. The van der Waals surface area contributed by atoms with E-state index in [1.54, 1.807) is 5.38 Å². The molecule has 0 atom stereocenters. The van der Waals surface area contributed by atoms with E-state index in [-0.39, 0.29) is 30.3 Å². The van der Waals surface area contributed by atoms with Crippen LogP contribution in [0.4, 0.5) is 5.13 Å². The van der Waals surface area contributed by atoms with E-state index in [4.69, 9.17) is 0 Å². The van der Waals surface area contributed by atoms with Crippen LogP contribution in [0.25, 0.3) is 0 Å². The van der Waals surface area contributed by atoms with Crippen LogP contribution in [-0.2, 0) is 15.2 Å². The number of hydrogen-bond donors (Lipinski definition) is 1. The maximum atomic E-state index is 11.5. The molecule has 0 unspecified atom stereocenters. The largest absolute Gasteiger partial charge is 1.00 e. The number of carboxylic acid groups (broad SMARTS) is 1. The van der Waals surface area contributed by atoms with Crippen molar-refractivity contribution in [3.63, 3.8) is 0 Å². The number of aromatic nitrogens is 1. The molecule has 0 amide bonds. The van der Waals surface area contributed by atoms with Gasteiger partial charge in [0.05, 0.1) is 5.97 Å². The van der Waals surface area contributed by atoms with Crippen LogP contribution in [0.1, 0.15) is 22.4 Å². The Hall–Kier alpha value is -3.37. The molecule has 0 aliphatic rings. The van der Waals surface area contributed by atoms with E-state index in [9.17, 15) is 9.90 Å². The fourth-order valence-corrected chi connectivity index (χ4v) is 4.41. The van der Waals surface area contributed by atoms with Gasteiger partial charge in [0, 0.05) is 5.38 Å². The summed E-state index contributed by atoms with van der Waals surface area (Å²) in [6, 6.07) is 30.2. The number of nitrogens with one attached hydrogen (secondary N) is 1. The molecule has 8 heteroatoms. The van der Waals surface area contributed by atoms with E-state index in [2.05, 4.69) is 56.7 Å². The van der Waals surface area contributed by atoms with Crippen LogP contribution in [0.15, 0.2) is 102 Å². The third kappa shape index (κ3) is 5.01. The first-order valence-corrected chi connectivity index (χ1v) is 10.8. The summed E-state index contributed by atoms with van der Waals surface area (Å²) in [5.74, 6) is -1.45. The fourth-order valence-electron chi connectivity index (χ4n) is 3.66. The smallest absolute Gasteiger partial charge is 0.543 e. The number of nitrogens with zero attached hydrogens (tertiary/aromatic N) is 2. The predicted octanol–water partition coefficient (Wildman–Crippen LogP) is 0.651. The maximum Gasteiger partial charge on any atom is 1.00 e. The maximum absolute atomic E-state index is 11.5. The van der Waals surface area contributed by atoms with Gasteiger partial charge >= 0.3 is 18.9 Å². The number of carbonyl (C=O) groups is 1. The molecule has 4 rings (SSSR count). The minimum absolute atomic E-state index is 0. The first kappa shape index (κ1) is 24.3. The van der Waals surface area contributed by atoms with E-state index < -0.39 is 11.5 Å². The molecule has 0 saturated heterocycles. The monoisotopic (exact) mass is 449 g/mol. The Kier molecular flexibility index (Phi) is 8.07. The van der Waals surface area contributed by atoms with Crippen molar-refractivity contribution in [2.75, 3.05) is 12.4 Å². The van der Waals surface area contributed by atoms with Gasteiger partial charge in [0.15, 0.2) is 10.8 Å². The van der Waals surface area contributed by atoms with Crippen LogP contribution in [0.2, 0.25) is 0 Å². The van der Waals surface area contributed by atoms with Crippen molar-refractivity contribution in [3.8, 4) is 0 Å². The number of carbonyl (C=O) groups excluding carboxylic acids is 1. The van der Waals surface area contributed by atoms with E-state index in [1.807, 2.05) is 54.6 Å². The van der Waals surface area contributed by atoms with Crippen LogP contribution >= 0.6 is 11.3 Å². The second kappa shape index (κ2) is 11.0. The number of aliphatic carboxylic acids is 1. The number of anilines is 1. The van der Waals surface area contributed by atoms with Gasteiger partial charge in [-0.1, -0.05) is 96.2 Å². The molecule has 0 spiro atoms. The molecule has 1 heterocycles. The van der Waals surface area contributed by atoms with Crippen LogP contribution in [-0.4, -0.2) is 23.8 Å². The molecule has 0 fully saturated rings. The molecule has 3 aromatic carbocycles. The SMILES string of the molecule is CON=C(C(=O)[O-])c1csc(NC(c2ccccc2)(c2ccccc2)c2ccccc2)n1.[Li+]. The normalized spacial score (nSPS) is 11.4. The van der Waals surface area contributed by atoms with Gasteiger partial charge in [0.1, 0.15) is 18.3 Å². The molecule has 1 aromatic heterocycles. The van der Waals surface area contributed by atoms with Crippen molar-refractivity contribution in [2.45, 2.75) is 5.54 Å². The third-order valence-electron chi connectivity index (χ3n) is 5.04. The van der Waals surface area contributed by atoms with Crippen molar-refractivity contribution in [2.24, 2.45) is 5.16 Å². The summed E-state index contributed by atoms with van der Waals surface area (Å²) in [6.45, 7) is 0. The Morgan fingerprint density at radius 3 is 1.76 bits per heavy atom. The summed E-state index contributed by atoms with van der Waals surface area (Å²) >= 11 is 1.28. The van der Waals surface area contributed by atoms with Crippen LogP contribution in [0, 0.1) is 0 Å². The van der Waals surface area contributed by atoms with E-state index in [1.165, 1.54) is 18.4 Å². The molecule has 6 nitrogen and oxygen atoms in total. The van der Waals surface area contributed by atoms with Gasteiger partial charge in [-0.2, -0.15) is 0 Å². The van der Waals surface area contributed by atoms with Crippen LogP contribution < -0.4 is 29.3 Å². The molecular formula is C25H20LiN3O3S. The standard InChI is InChI=1S/C25H21N3O3S.Li/c1-31-28-22(23(29)30)21-17-32-24(26-21)27-25(18-11-5-2-6-12-18,19-13-7-3-8-14-19)20-15-9-4-10-16-20;/h2-17H,1H3,(H,26,27)(H,29,30);/q;+1/p-1. The van der Waals surface area contributed by atoms with Gasteiger partial charge in [0.2, 0.25) is 0 Å². The number of oxime groups is 1. The summed E-state index contributed by atoms with van der Waals surface area (Å²) in [5, 5.41) is 20.8. The van der Waals surface area contributed by atoms with E-state index >= 15 is 0 Å². The molecule has 0 radical (unpaired) electrons. The average Bonchev–Trinajstić information content (AvgIpc) is 3.30. The van der Waals surface area contributed by atoms with E-state index in [0.29, 0.717) is 5.13 Å². The Morgan fingerprint density at radius 1 is 0.909 bits per heavy atom. The molecule has 33 heavy (non-hydrogen) atoms. The number of thiazole rings is 1. The van der Waals surface area contributed by atoms with Crippen molar-refractivity contribution < 1.29 is 33.6 Å². The molecule has 4 aromatic rings. The van der Waals surface area contributed by atoms with Crippen molar-refractivity contribution in [1.82, 2.24) is 4.98 Å². The Labute approximate surface area is 208 Å². The summed E-state index contributed by atoms with van der Waals surface area (Å²) in [6.07, 6.45) is 0. The van der Waals surface area contributed by atoms with Gasteiger partial charge in [-0.15, -0.1) is 11.3 Å². The Balaban J connectivity index is 0.00000306. The van der Waals surface area contributed by atoms with Crippen LogP contribution in [0.3, 0.4) is 0 Å². The summed E-state index contributed by atoms with van der Waals surface area (Å²) in [7, 11) is 1.28. The zero-order chi connectivity index (χ0) is 22.4. The van der Waals surface area contributed by atoms with Crippen LogP contribution in [0.5, 0.6) is 0 Å². The topological polar surface area (TPSA) is 86.6 Å². The molecule has 1 N–H and O–H groups in total. The number of hydrogen-bond acceptors (Lipinski definition) is 7. The van der Waals surface area contributed by atoms with Crippen molar-refractivity contribution in [3.05, 3.63) is 119 Å². The number of benzene rings is 3. The molecular weight excluding hydrogens is 429 g/mol. The number of rotatable bonds is 8.